The number of hydrogen-bond acceptors (Lipinski definition) is 4. The van der Waals surface area contributed by atoms with Gasteiger partial charge in [-0.25, -0.2) is 4.79 Å². The zero-order chi connectivity index (χ0) is 19.1. The Hall–Kier alpha value is -2.90. The number of anilines is 3. The van der Waals surface area contributed by atoms with Gasteiger partial charge in [0.1, 0.15) is 5.60 Å². The molecule has 1 aliphatic heterocycles. The zero-order valence-corrected chi connectivity index (χ0v) is 15.2. The Kier molecular flexibility index (Phi) is 6.05. The van der Waals surface area contributed by atoms with Crippen LogP contribution in [-0.2, 0) is 9.53 Å². The highest BCUT2D eigenvalue weighted by Gasteiger charge is 2.39. The van der Waals surface area contributed by atoms with Crippen molar-refractivity contribution in [2.45, 2.75) is 18.4 Å². The third-order valence-corrected chi connectivity index (χ3v) is 4.65. The molecular weight excluding hydrogens is 344 g/mol. The summed E-state index contributed by atoms with van der Waals surface area (Å²) in [6.45, 7) is 1.50. The Morgan fingerprint density at radius 2 is 1.37 bits per heavy atom. The molecule has 0 radical (unpaired) electrons. The molecular formula is C20H24N4O3. The predicted molar refractivity (Wildman–Crippen MR) is 106 cm³/mol. The minimum atomic E-state index is -0.794. The summed E-state index contributed by atoms with van der Waals surface area (Å²) in [4.78, 5) is 24.7. The van der Waals surface area contributed by atoms with Gasteiger partial charge in [0, 0.05) is 24.2 Å². The summed E-state index contributed by atoms with van der Waals surface area (Å²) in [6, 6.07) is 15.9. The van der Waals surface area contributed by atoms with E-state index in [-0.39, 0.29) is 11.9 Å². The number of nitrogens with one attached hydrogen (secondary N) is 4. The number of carbonyl (C=O) groups is 2. The van der Waals surface area contributed by atoms with E-state index >= 15 is 0 Å². The molecule has 7 heteroatoms. The summed E-state index contributed by atoms with van der Waals surface area (Å²) >= 11 is 0. The van der Waals surface area contributed by atoms with Gasteiger partial charge >= 0.3 is 6.03 Å². The fourth-order valence-corrected chi connectivity index (χ4v) is 3.05. The molecule has 0 unspecified atom stereocenters. The van der Waals surface area contributed by atoms with Crippen LogP contribution in [0.1, 0.15) is 12.8 Å². The third-order valence-electron chi connectivity index (χ3n) is 4.65. The number of ether oxygens (including phenoxy) is 1. The fourth-order valence-electron chi connectivity index (χ4n) is 3.05. The molecule has 1 aliphatic rings. The molecule has 0 atom stereocenters. The Morgan fingerprint density at radius 3 is 1.93 bits per heavy atom. The Balaban J connectivity index is 1.56. The average Bonchev–Trinajstić information content (AvgIpc) is 2.70. The van der Waals surface area contributed by atoms with Crippen LogP contribution in [0.4, 0.5) is 21.9 Å². The first-order valence-electron chi connectivity index (χ1n) is 8.92. The molecule has 0 aromatic heterocycles. The number of piperidine rings is 1. The lowest BCUT2D eigenvalue weighted by Crippen LogP contribution is -2.51. The van der Waals surface area contributed by atoms with E-state index < -0.39 is 5.60 Å². The first-order chi connectivity index (χ1) is 13.1. The number of benzene rings is 2. The molecule has 3 rings (SSSR count). The molecule has 1 heterocycles. The fraction of sp³-hybridized carbons (Fsp3) is 0.300. The van der Waals surface area contributed by atoms with E-state index in [0.717, 1.165) is 13.1 Å². The number of hydrogen-bond donors (Lipinski definition) is 4. The third kappa shape index (κ3) is 4.84. The van der Waals surface area contributed by atoms with Crippen LogP contribution in [0.15, 0.2) is 54.6 Å². The lowest BCUT2D eigenvalue weighted by molar-refractivity contribution is -0.140. The number of methoxy groups -OCH3 is 1. The Morgan fingerprint density at radius 1 is 0.852 bits per heavy atom. The lowest BCUT2D eigenvalue weighted by atomic mass is 9.91. The van der Waals surface area contributed by atoms with Crippen molar-refractivity contribution in [2.75, 3.05) is 36.1 Å². The van der Waals surface area contributed by atoms with Crippen LogP contribution in [-0.4, -0.2) is 37.7 Å². The maximum atomic E-state index is 12.6. The largest absolute Gasteiger partial charge is 0.368 e. The van der Waals surface area contributed by atoms with Gasteiger partial charge in [0.15, 0.2) is 0 Å². The molecule has 3 amide bonds. The van der Waals surface area contributed by atoms with Crippen molar-refractivity contribution in [2.24, 2.45) is 0 Å². The van der Waals surface area contributed by atoms with Gasteiger partial charge in [-0.15, -0.1) is 0 Å². The van der Waals surface area contributed by atoms with Gasteiger partial charge < -0.3 is 26.0 Å². The topological polar surface area (TPSA) is 91.5 Å². The summed E-state index contributed by atoms with van der Waals surface area (Å²) in [5.41, 5.74) is 1.21. The van der Waals surface area contributed by atoms with Crippen molar-refractivity contribution < 1.29 is 14.3 Å². The lowest BCUT2D eigenvalue weighted by Gasteiger charge is -2.34. The minimum Gasteiger partial charge on any atom is -0.368 e. The van der Waals surface area contributed by atoms with E-state index in [9.17, 15) is 9.59 Å². The molecule has 0 bridgehead atoms. The second kappa shape index (κ2) is 8.66. The second-order valence-electron chi connectivity index (χ2n) is 6.43. The second-order valence-corrected chi connectivity index (χ2v) is 6.43. The van der Waals surface area contributed by atoms with Crippen molar-refractivity contribution >= 4 is 29.0 Å². The quantitative estimate of drug-likeness (QED) is 0.653. The summed E-state index contributed by atoms with van der Waals surface area (Å²) in [7, 11) is 1.57. The van der Waals surface area contributed by atoms with E-state index in [1.54, 1.807) is 31.4 Å². The smallest absolute Gasteiger partial charge is 0.323 e. The van der Waals surface area contributed by atoms with Crippen LogP contribution in [0.2, 0.25) is 0 Å². The number of para-hydroxylation sites is 1. The number of carbonyl (C=O) groups excluding carboxylic acids is 2. The summed E-state index contributed by atoms with van der Waals surface area (Å²) in [6.07, 6.45) is 1.27. The van der Waals surface area contributed by atoms with Crippen LogP contribution in [0, 0.1) is 0 Å². The van der Waals surface area contributed by atoms with Gasteiger partial charge in [0.05, 0.1) is 0 Å². The molecule has 0 saturated carbocycles. The highest BCUT2D eigenvalue weighted by atomic mass is 16.5. The van der Waals surface area contributed by atoms with E-state index in [1.165, 1.54) is 0 Å². The van der Waals surface area contributed by atoms with Gasteiger partial charge in [0.25, 0.3) is 5.91 Å². The molecule has 2 aromatic rings. The van der Waals surface area contributed by atoms with Crippen molar-refractivity contribution in [3.05, 3.63) is 54.6 Å². The van der Waals surface area contributed by atoms with Crippen LogP contribution in [0.3, 0.4) is 0 Å². The number of urea groups is 1. The maximum Gasteiger partial charge on any atom is 0.323 e. The zero-order valence-electron chi connectivity index (χ0n) is 15.2. The van der Waals surface area contributed by atoms with E-state index in [4.69, 9.17) is 4.74 Å². The molecule has 1 saturated heterocycles. The highest BCUT2D eigenvalue weighted by Crippen LogP contribution is 2.25. The van der Waals surface area contributed by atoms with Crippen molar-refractivity contribution in [1.29, 1.82) is 0 Å². The highest BCUT2D eigenvalue weighted by molar-refractivity contribution is 6.00. The minimum absolute atomic E-state index is 0.144. The van der Waals surface area contributed by atoms with Gasteiger partial charge in [-0.05, 0) is 62.3 Å². The van der Waals surface area contributed by atoms with Crippen molar-refractivity contribution in [1.82, 2.24) is 5.32 Å². The van der Waals surface area contributed by atoms with Crippen LogP contribution >= 0.6 is 0 Å². The molecule has 27 heavy (non-hydrogen) atoms. The summed E-state index contributed by atoms with van der Waals surface area (Å²) in [5, 5.41) is 11.6. The first-order valence-corrected chi connectivity index (χ1v) is 8.92. The van der Waals surface area contributed by atoms with Gasteiger partial charge in [-0.3, -0.25) is 4.79 Å². The van der Waals surface area contributed by atoms with Crippen LogP contribution in [0.5, 0.6) is 0 Å². The Labute approximate surface area is 158 Å². The predicted octanol–water partition coefficient (Wildman–Crippen LogP) is 3.04. The van der Waals surface area contributed by atoms with Crippen molar-refractivity contribution in [3.63, 3.8) is 0 Å². The molecule has 0 aliphatic carbocycles. The molecule has 7 nitrogen and oxygen atoms in total. The van der Waals surface area contributed by atoms with Crippen LogP contribution in [0.25, 0.3) is 0 Å². The van der Waals surface area contributed by atoms with Crippen LogP contribution < -0.4 is 21.3 Å². The molecule has 142 valence electrons. The summed E-state index contributed by atoms with van der Waals surface area (Å²) < 4.78 is 5.53. The van der Waals surface area contributed by atoms with Gasteiger partial charge in [-0.1, -0.05) is 18.2 Å². The monoisotopic (exact) mass is 368 g/mol. The summed E-state index contributed by atoms with van der Waals surface area (Å²) in [5.74, 6) is -0.144. The maximum absolute atomic E-state index is 12.6. The average molecular weight is 368 g/mol. The Bertz CT molecular complexity index is 772. The number of amides is 3. The molecule has 2 aromatic carbocycles. The van der Waals surface area contributed by atoms with Gasteiger partial charge in [-0.2, -0.15) is 0 Å². The van der Waals surface area contributed by atoms with Crippen molar-refractivity contribution in [3.8, 4) is 0 Å². The van der Waals surface area contributed by atoms with E-state index in [0.29, 0.717) is 29.9 Å². The normalized spacial score (nSPS) is 15.6. The molecule has 0 spiro atoms. The van der Waals surface area contributed by atoms with E-state index in [1.807, 2.05) is 30.3 Å². The SMILES string of the molecule is COC1(C(=O)Nc2ccc(NC(=O)Nc3ccccc3)cc2)CCNCC1. The number of rotatable bonds is 5. The van der Waals surface area contributed by atoms with Gasteiger partial charge in [0.2, 0.25) is 0 Å². The molecule has 4 N–H and O–H groups in total. The first kappa shape index (κ1) is 18.9. The standard InChI is InChI=1S/C20H24N4O3/c1-27-20(11-13-21-14-12-20)18(25)22-16-7-9-17(10-8-16)24-19(26)23-15-5-3-2-4-6-15/h2-10,21H,11-14H2,1H3,(H,22,25)(H2,23,24,26). The molecule has 1 fully saturated rings. The van der Waals surface area contributed by atoms with E-state index in [2.05, 4.69) is 21.3 Å².